The molecule has 0 spiro atoms. The average Bonchev–Trinajstić information content (AvgIpc) is 2.44. The lowest BCUT2D eigenvalue weighted by molar-refractivity contribution is 0.0983. The number of Topliss-reactive ketones (excluding diaryl/α,β-unsaturated/α-hetero) is 1. The van der Waals surface area contributed by atoms with Crippen molar-refractivity contribution in [3.63, 3.8) is 0 Å². The summed E-state index contributed by atoms with van der Waals surface area (Å²) >= 11 is 0. The predicted molar refractivity (Wildman–Crippen MR) is 78.5 cm³/mol. The Bertz CT molecular complexity index is 761. The average molecular weight is 249 g/mol. The van der Waals surface area contributed by atoms with Crippen LogP contribution in [0.25, 0.3) is 21.8 Å². The highest BCUT2D eigenvalue weighted by molar-refractivity contribution is 6.09. The van der Waals surface area contributed by atoms with E-state index in [4.69, 9.17) is 0 Å². The summed E-state index contributed by atoms with van der Waals surface area (Å²) in [7, 11) is 0. The van der Waals surface area contributed by atoms with Crippen molar-refractivity contribution in [1.29, 1.82) is 0 Å². The third kappa shape index (κ3) is 2.10. The van der Waals surface area contributed by atoms with E-state index in [9.17, 15) is 4.79 Å². The molecule has 0 aliphatic rings. The van der Waals surface area contributed by atoms with Gasteiger partial charge in [0.2, 0.25) is 0 Å². The van der Waals surface area contributed by atoms with E-state index < -0.39 is 0 Å². The molecule has 0 saturated heterocycles. The lowest BCUT2D eigenvalue weighted by Gasteiger charge is -2.06. The van der Waals surface area contributed by atoms with Crippen LogP contribution in [0.4, 0.5) is 0 Å². The number of nitrogens with zero attached hydrogens (tertiary/aromatic N) is 1. The number of rotatable bonds is 3. The highest BCUT2D eigenvalue weighted by Crippen LogP contribution is 2.23. The quantitative estimate of drug-likeness (QED) is 0.509. The molecule has 3 aromatic rings. The third-order valence-corrected chi connectivity index (χ3v) is 3.34. The Balaban J connectivity index is 2.29. The second-order valence-corrected chi connectivity index (χ2v) is 4.73. The molecule has 0 fully saturated rings. The normalized spacial score (nSPS) is 11.0. The molecule has 0 bridgehead atoms. The van der Waals surface area contributed by atoms with Crippen molar-refractivity contribution in [1.82, 2.24) is 4.98 Å². The van der Waals surface area contributed by atoms with Crippen molar-refractivity contribution >= 4 is 27.6 Å². The Morgan fingerprint density at radius 2 is 1.84 bits per heavy atom. The van der Waals surface area contributed by atoms with Gasteiger partial charge >= 0.3 is 0 Å². The molecule has 94 valence electrons. The number of carbonyl (C=O) groups excluding carboxylic acids is 1. The monoisotopic (exact) mass is 249 g/mol. The first kappa shape index (κ1) is 11.8. The van der Waals surface area contributed by atoms with E-state index in [0.717, 1.165) is 33.8 Å². The van der Waals surface area contributed by atoms with Crippen LogP contribution < -0.4 is 0 Å². The number of para-hydroxylation sites is 1. The molecule has 2 heteroatoms. The van der Waals surface area contributed by atoms with E-state index in [0.29, 0.717) is 6.42 Å². The number of ketones is 1. The van der Waals surface area contributed by atoms with Crippen molar-refractivity contribution in [2.45, 2.75) is 19.8 Å². The Kier molecular flexibility index (Phi) is 3.00. The summed E-state index contributed by atoms with van der Waals surface area (Å²) < 4.78 is 0. The number of benzene rings is 2. The zero-order valence-corrected chi connectivity index (χ0v) is 10.9. The second-order valence-electron chi connectivity index (χ2n) is 4.73. The minimum Gasteiger partial charge on any atom is -0.294 e. The van der Waals surface area contributed by atoms with Crippen LogP contribution in [0.5, 0.6) is 0 Å². The van der Waals surface area contributed by atoms with Gasteiger partial charge in [0.1, 0.15) is 0 Å². The van der Waals surface area contributed by atoms with Gasteiger partial charge in [-0.1, -0.05) is 37.3 Å². The molecular formula is C17H15NO. The molecule has 2 nitrogen and oxygen atoms in total. The molecule has 0 amide bonds. The van der Waals surface area contributed by atoms with Gasteiger partial charge in [-0.05, 0) is 24.6 Å². The van der Waals surface area contributed by atoms with E-state index in [-0.39, 0.29) is 5.78 Å². The molecule has 0 saturated carbocycles. The van der Waals surface area contributed by atoms with Gasteiger partial charge < -0.3 is 0 Å². The van der Waals surface area contributed by atoms with Crippen LogP contribution in [0.1, 0.15) is 30.1 Å². The molecule has 1 aromatic heterocycles. The van der Waals surface area contributed by atoms with E-state index in [1.807, 2.05) is 49.4 Å². The smallest absolute Gasteiger partial charge is 0.163 e. The van der Waals surface area contributed by atoms with Crippen molar-refractivity contribution in [2.75, 3.05) is 0 Å². The molecule has 0 radical (unpaired) electrons. The third-order valence-electron chi connectivity index (χ3n) is 3.34. The van der Waals surface area contributed by atoms with Gasteiger partial charge in [0.15, 0.2) is 5.78 Å². The van der Waals surface area contributed by atoms with Gasteiger partial charge in [0.25, 0.3) is 0 Å². The van der Waals surface area contributed by atoms with Crippen molar-refractivity contribution in [3.8, 4) is 0 Å². The summed E-state index contributed by atoms with van der Waals surface area (Å²) in [6, 6.07) is 15.8. The fraction of sp³-hybridized carbons (Fsp3) is 0.176. The van der Waals surface area contributed by atoms with E-state index >= 15 is 0 Å². The van der Waals surface area contributed by atoms with Gasteiger partial charge in [-0.15, -0.1) is 0 Å². The fourth-order valence-corrected chi connectivity index (χ4v) is 2.40. The van der Waals surface area contributed by atoms with Crippen LogP contribution in [-0.2, 0) is 0 Å². The van der Waals surface area contributed by atoms with Crippen LogP contribution in [0.2, 0.25) is 0 Å². The van der Waals surface area contributed by atoms with Gasteiger partial charge in [-0.25, -0.2) is 4.98 Å². The van der Waals surface area contributed by atoms with Crippen LogP contribution in [-0.4, -0.2) is 10.8 Å². The Hall–Kier alpha value is -2.22. The molecule has 0 unspecified atom stereocenters. The van der Waals surface area contributed by atoms with Crippen LogP contribution in [0, 0.1) is 0 Å². The lowest BCUT2D eigenvalue weighted by atomic mass is 10.0. The summed E-state index contributed by atoms with van der Waals surface area (Å²) in [5.41, 5.74) is 2.65. The van der Waals surface area contributed by atoms with Crippen LogP contribution in [0.15, 0.2) is 48.5 Å². The molecule has 2 aromatic carbocycles. The summed E-state index contributed by atoms with van der Waals surface area (Å²) in [4.78, 5) is 16.8. The molecule has 0 N–H and O–H groups in total. The Labute approximate surface area is 112 Å². The second kappa shape index (κ2) is 4.81. The minimum absolute atomic E-state index is 0.199. The predicted octanol–water partition coefficient (Wildman–Crippen LogP) is 4.37. The fourth-order valence-electron chi connectivity index (χ4n) is 2.40. The molecule has 1 heterocycles. The Morgan fingerprint density at radius 3 is 2.68 bits per heavy atom. The van der Waals surface area contributed by atoms with E-state index in [1.165, 1.54) is 0 Å². The SMILES string of the molecule is CCCC(=O)c1cccc2nc3ccccc3cc12. The zero-order valence-electron chi connectivity index (χ0n) is 10.9. The maximum Gasteiger partial charge on any atom is 0.163 e. The first-order valence-corrected chi connectivity index (χ1v) is 6.61. The van der Waals surface area contributed by atoms with Gasteiger partial charge in [0, 0.05) is 22.8 Å². The van der Waals surface area contributed by atoms with Gasteiger partial charge in [0.05, 0.1) is 11.0 Å². The Morgan fingerprint density at radius 1 is 1.05 bits per heavy atom. The molecule has 19 heavy (non-hydrogen) atoms. The summed E-state index contributed by atoms with van der Waals surface area (Å²) in [6.07, 6.45) is 1.46. The largest absolute Gasteiger partial charge is 0.294 e. The van der Waals surface area contributed by atoms with Crippen LogP contribution in [0.3, 0.4) is 0 Å². The summed E-state index contributed by atoms with van der Waals surface area (Å²) in [5, 5.41) is 2.03. The molecule has 0 aliphatic heterocycles. The standard InChI is InChI=1S/C17H15NO/c1-2-6-17(19)13-8-5-10-16-14(13)11-12-7-3-4-9-15(12)18-16/h3-5,7-11H,2,6H2,1H3. The molecule has 0 aliphatic carbocycles. The van der Waals surface area contributed by atoms with Gasteiger partial charge in [-0.3, -0.25) is 4.79 Å². The van der Waals surface area contributed by atoms with Crippen molar-refractivity contribution < 1.29 is 4.79 Å². The number of hydrogen-bond acceptors (Lipinski definition) is 2. The number of fused-ring (bicyclic) bond motifs is 2. The van der Waals surface area contributed by atoms with E-state index in [1.54, 1.807) is 0 Å². The first-order chi connectivity index (χ1) is 9.29. The minimum atomic E-state index is 0.199. The van der Waals surface area contributed by atoms with Crippen molar-refractivity contribution in [3.05, 3.63) is 54.1 Å². The number of carbonyl (C=O) groups is 1. The number of hydrogen-bond donors (Lipinski definition) is 0. The highest BCUT2D eigenvalue weighted by atomic mass is 16.1. The number of pyridine rings is 1. The summed E-state index contributed by atoms with van der Waals surface area (Å²) in [5.74, 6) is 0.199. The summed E-state index contributed by atoms with van der Waals surface area (Å²) in [6.45, 7) is 2.02. The topological polar surface area (TPSA) is 30.0 Å². The molecule has 0 atom stereocenters. The number of aromatic nitrogens is 1. The molecular weight excluding hydrogens is 234 g/mol. The van der Waals surface area contributed by atoms with Gasteiger partial charge in [-0.2, -0.15) is 0 Å². The lowest BCUT2D eigenvalue weighted by Crippen LogP contribution is -1.99. The van der Waals surface area contributed by atoms with Crippen LogP contribution >= 0.6 is 0 Å². The highest BCUT2D eigenvalue weighted by Gasteiger charge is 2.10. The van der Waals surface area contributed by atoms with Crippen molar-refractivity contribution in [2.24, 2.45) is 0 Å². The van der Waals surface area contributed by atoms with E-state index in [2.05, 4.69) is 11.1 Å². The zero-order chi connectivity index (χ0) is 13.2. The maximum atomic E-state index is 12.2. The molecule has 3 rings (SSSR count). The maximum absolute atomic E-state index is 12.2. The first-order valence-electron chi connectivity index (χ1n) is 6.61.